The number of ether oxygens (including phenoxy) is 1. The van der Waals surface area contributed by atoms with E-state index in [0.29, 0.717) is 5.56 Å². The summed E-state index contributed by atoms with van der Waals surface area (Å²) >= 11 is 0. The molecule has 1 atom stereocenters. The fourth-order valence-corrected chi connectivity index (χ4v) is 2.00. The van der Waals surface area contributed by atoms with E-state index in [0.717, 1.165) is 0 Å². The van der Waals surface area contributed by atoms with Crippen LogP contribution in [0.5, 0.6) is 0 Å². The van der Waals surface area contributed by atoms with Crippen LogP contribution < -0.4 is 0 Å². The van der Waals surface area contributed by atoms with E-state index in [1.54, 1.807) is 13.0 Å². The molecular weight excluding hydrogens is 301 g/mol. The Balaban J connectivity index is 2.93. The molecule has 0 aliphatic heterocycles. The van der Waals surface area contributed by atoms with Gasteiger partial charge in [-0.3, -0.25) is 4.55 Å². The van der Waals surface area contributed by atoms with Gasteiger partial charge in [0.15, 0.2) is 0 Å². The standard InChI is InChI=1S/C11H11F3O5S/c1-7-3-2-4-8(5-7)10(15)19-9(11(12,13)14)6-20(16,17)18/h2-5,9H,6H2,1H3,(H,16,17,18). The van der Waals surface area contributed by atoms with E-state index < -0.39 is 34.1 Å². The maximum atomic E-state index is 12.6. The monoisotopic (exact) mass is 312 g/mol. The van der Waals surface area contributed by atoms with Crippen molar-refractivity contribution >= 4 is 16.1 Å². The summed E-state index contributed by atoms with van der Waals surface area (Å²) in [6.45, 7) is 1.62. The number of carbonyl (C=O) groups excluding carboxylic acids is 1. The minimum atomic E-state index is -5.10. The van der Waals surface area contributed by atoms with Crippen LogP contribution in [0.3, 0.4) is 0 Å². The zero-order valence-corrected chi connectivity index (χ0v) is 11.0. The largest absolute Gasteiger partial charge is 0.448 e. The Morgan fingerprint density at radius 3 is 2.45 bits per heavy atom. The first kappa shape index (κ1) is 16.4. The predicted octanol–water partition coefficient (Wildman–Crippen LogP) is 1.97. The number of alkyl halides is 3. The normalized spacial score (nSPS) is 13.8. The molecule has 0 fully saturated rings. The van der Waals surface area contributed by atoms with E-state index in [-0.39, 0.29) is 5.56 Å². The molecule has 0 bridgehead atoms. The zero-order chi connectivity index (χ0) is 15.6. The number of hydrogen-bond acceptors (Lipinski definition) is 4. The van der Waals surface area contributed by atoms with Gasteiger partial charge >= 0.3 is 12.1 Å². The number of rotatable bonds is 4. The van der Waals surface area contributed by atoms with Gasteiger partial charge in [0.1, 0.15) is 5.75 Å². The van der Waals surface area contributed by atoms with Crippen molar-refractivity contribution in [3.63, 3.8) is 0 Å². The zero-order valence-electron chi connectivity index (χ0n) is 10.2. The lowest BCUT2D eigenvalue weighted by Gasteiger charge is -2.19. The molecule has 1 rings (SSSR count). The van der Waals surface area contributed by atoms with Gasteiger partial charge in [0.05, 0.1) is 5.56 Å². The second-order valence-corrected chi connectivity index (χ2v) is 5.55. The Kier molecular flexibility index (Phi) is 4.77. The molecule has 0 aromatic heterocycles. The second kappa shape index (κ2) is 5.80. The molecule has 0 saturated carbocycles. The van der Waals surface area contributed by atoms with E-state index >= 15 is 0 Å². The summed E-state index contributed by atoms with van der Waals surface area (Å²) in [5.74, 6) is -3.06. The van der Waals surface area contributed by atoms with Crippen LogP contribution >= 0.6 is 0 Å². The van der Waals surface area contributed by atoms with Crippen molar-refractivity contribution in [2.45, 2.75) is 19.2 Å². The van der Waals surface area contributed by atoms with Crippen LogP contribution in [-0.4, -0.2) is 37.0 Å². The molecular formula is C11H11F3O5S. The van der Waals surface area contributed by atoms with Crippen molar-refractivity contribution in [3.05, 3.63) is 35.4 Å². The molecule has 0 aliphatic rings. The third-order valence-corrected chi connectivity index (χ3v) is 2.95. The Bertz CT molecular complexity index is 594. The molecule has 0 heterocycles. The SMILES string of the molecule is Cc1cccc(C(=O)OC(CS(=O)(=O)O)C(F)(F)F)c1. The lowest BCUT2D eigenvalue weighted by molar-refractivity contribution is -0.197. The average Bonchev–Trinajstić information content (AvgIpc) is 2.25. The minimum absolute atomic E-state index is 0.144. The number of carbonyl (C=O) groups is 1. The molecule has 0 aliphatic carbocycles. The maximum Gasteiger partial charge on any atom is 0.426 e. The summed E-state index contributed by atoms with van der Waals surface area (Å²) in [6, 6.07) is 5.59. The molecule has 1 aromatic carbocycles. The lowest BCUT2D eigenvalue weighted by atomic mass is 10.1. The summed E-state index contributed by atoms with van der Waals surface area (Å²) in [4.78, 5) is 11.5. The van der Waals surface area contributed by atoms with Crippen molar-refractivity contribution in [1.82, 2.24) is 0 Å². The molecule has 1 aromatic rings. The quantitative estimate of drug-likeness (QED) is 0.679. The highest BCUT2D eigenvalue weighted by atomic mass is 32.2. The molecule has 1 N–H and O–H groups in total. The van der Waals surface area contributed by atoms with Crippen molar-refractivity contribution in [3.8, 4) is 0 Å². The van der Waals surface area contributed by atoms with Gasteiger partial charge in [-0.1, -0.05) is 17.7 Å². The van der Waals surface area contributed by atoms with E-state index in [4.69, 9.17) is 4.55 Å². The van der Waals surface area contributed by atoms with Crippen LogP contribution in [0.15, 0.2) is 24.3 Å². The summed E-state index contributed by atoms with van der Waals surface area (Å²) in [6.07, 6.45) is -8.03. The molecule has 0 radical (unpaired) electrons. The summed E-state index contributed by atoms with van der Waals surface area (Å²) in [5, 5.41) is 0. The van der Waals surface area contributed by atoms with Gasteiger partial charge in [-0.25, -0.2) is 4.79 Å². The summed E-state index contributed by atoms with van der Waals surface area (Å²) in [5.41, 5.74) is 0.479. The molecule has 1 unspecified atom stereocenters. The second-order valence-electron chi connectivity index (χ2n) is 4.05. The van der Waals surface area contributed by atoms with Gasteiger partial charge in [0.2, 0.25) is 6.10 Å². The number of aryl methyl sites for hydroxylation is 1. The van der Waals surface area contributed by atoms with Gasteiger partial charge in [0, 0.05) is 0 Å². The first-order valence-corrected chi connectivity index (χ1v) is 6.89. The van der Waals surface area contributed by atoms with Crippen LogP contribution in [-0.2, 0) is 14.9 Å². The summed E-state index contributed by atoms with van der Waals surface area (Å²) < 4.78 is 71.3. The van der Waals surface area contributed by atoms with Gasteiger partial charge in [0.25, 0.3) is 10.1 Å². The highest BCUT2D eigenvalue weighted by molar-refractivity contribution is 7.85. The van der Waals surface area contributed by atoms with Crippen molar-refractivity contribution in [2.75, 3.05) is 5.75 Å². The third kappa shape index (κ3) is 5.17. The molecule has 0 amide bonds. The van der Waals surface area contributed by atoms with Crippen molar-refractivity contribution in [2.24, 2.45) is 0 Å². The van der Waals surface area contributed by atoms with E-state index in [9.17, 15) is 26.4 Å². The van der Waals surface area contributed by atoms with Crippen LogP contribution in [0.25, 0.3) is 0 Å². The van der Waals surface area contributed by atoms with Gasteiger partial charge in [-0.2, -0.15) is 21.6 Å². The van der Waals surface area contributed by atoms with E-state index in [2.05, 4.69) is 4.74 Å². The number of hydrogen-bond donors (Lipinski definition) is 1. The Morgan fingerprint density at radius 2 is 2.00 bits per heavy atom. The Hall–Kier alpha value is -1.61. The molecule has 112 valence electrons. The first-order chi connectivity index (χ1) is 8.99. The molecule has 5 nitrogen and oxygen atoms in total. The van der Waals surface area contributed by atoms with Crippen molar-refractivity contribution in [1.29, 1.82) is 0 Å². The average molecular weight is 312 g/mol. The van der Waals surface area contributed by atoms with Crippen LogP contribution in [0.1, 0.15) is 15.9 Å². The third-order valence-electron chi connectivity index (χ3n) is 2.23. The molecule has 0 saturated heterocycles. The highest BCUT2D eigenvalue weighted by Crippen LogP contribution is 2.25. The van der Waals surface area contributed by atoms with Crippen molar-refractivity contribution < 1.29 is 35.7 Å². The van der Waals surface area contributed by atoms with Crippen LogP contribution in [0, 0.1) is 6.92 Å². The maximum absolute atomic E-state index is 12.6. The van der Waals surface area contributed by atoms with Crippen LogP contribution in [0.4, 0.5) is 13.2 Å². The Morgan fingerprint density at radius 1 is 1.40 bits per heavy atom. The fraction of sp³-hybridized carbons (Fsp3) is 0.364. The topological polar surface area (TPSA) is 80.7 Å². The lowest BCUT2D eigenvalue weighted by Crippen LogP contribution is -2.39. The van der Waals surface area contributed by atoms with Crippen LogP contribution in [0.2, 0.25) is 0 Å². The van der Waals surface area contributed by atoms with Gasteiger partial charge in [-0.05, 0) is 19.1 Å². The predicted molar refractivity (Wildman–Crippen MR) is 62.9 cm³/mol. The Labute approximate surface area is 113 Å². The summed E-state index contributed by atoms with van der Waals surface area (Å²) in [7, 11) is -4.94. The number of halogens is 3. The highest BCUT2D eigenvalue weighted by Gasteiger charge is 2.45. The molecule has 0 spiro atoms. The number of benzene rings is 1. The smallest absolute Gasteiger partial charge is 0.426 e. The first-order valence-electron chi connectivity index (χ1n) is 5.28. The van der Waals surface area contributed by atoms with Gasteiger partial charge < -0.3 is 4.74 Å². The number of esters is 1. The fourth-order valence-electron chi connectivity index (χ4n) is 1.36. The molecule has 20 heavy (non-hydrogen) atoms. The van der Waals surface area contributed by atoms with Gasteiger partial charge in [-0.15, -0.1) is 0 Å². The minimum Gasteiger partial charge on any atom is -0.448 e. The van der Waals surface area contributed by atoms with E-state index in [1.807, 2.05) is 0 Å². The van der Waals surface area contributed by atoms with E-state index in [1.165, 1.54) is 18.2 Å². The molecule has 9 heteroatoms.